The SMILES string of the molecule is CCC[C@@H](c1ccc(Cl)o1)N1CCNCC1. The van der Waals surface area contributed by atoms with Crippen molar-refractivity contribution in [2.45, 2.75) is 25.8 Å². The first-order chi connectivity index (χ1) is 7.81. The van der Waals surface area contributed by atoms with E-state index in [9.17, 15) is 0 Å². The summed E-state index contributed by atoms with van der Waals surface area (Å²) in [6, 6.07) is 4.23. The van der Waals surface area contributed by atoms with Gasteiger partial charge in [0.05, 0.1) is 6.04 Å². The summed E-state index contributed by atoms with van der Waals surface area (Å²) >= 11 is 5.85. The number of nitrogens with zero attached hydrogens (tertiary/aromatic N) is 1. The summed E-state index contributed by atoms with van der Waals surface area (Å²) in [4.78, 5) is 2.48. The van der Waals surface area contributed by atoms with Gasteiger partial charge < -0.3 is 9.73 Å². The molecule has 1 aliphatic heterocycles. The molecular formula is C12H19ClN2O. The maximum Gasteiger partial charge on any atom is 0.193 e. The monoisotopic (exact) mass is 242 g/mol. The van der Waals surface area contributed by atoms with Crippen LogP contribution in [0.2, 0.25) is 5.22 Å². The van der Waals surface area contributed by atoms with Crippen LogP contribution < -0.4 is 5.32 Å². The van der Waals surface area contributed by atoms with Gasteiger partial charge in [-0.3, -0.25) is 4.90 Å². The van der Waals surface area contributed by atoms with E-state index in [2.05, 4.69) is 17.1 Å². The Kier molecular flexibility index (Phi) is 4.27. The quantitative estimate of drug-likeness (QED) is 0.880. The molecule has 0 radical (unpaired) electrons. The van der Waals surface area contributed by atoms with Crippen molar-refractivity contribution in [3.05, 3.63) is 23.1 Å². The average Bonchev–Trinajstić information content (AvgIpc) is 2.74. The number of rotatable bonds is 4. The minimum atomic E-state index is 0.389. The van der Waals surface area contributed by atoms with Gasteiger partial charge in [-0.2, -0.15) is 0 Å². The molecule has 0 saturated carbocycles. The number of nitrogens with one attached hydrogen (secondary N) is 1. The summed E-state index contributed by atoms with van der Waals surface area (Å²) in [5.74, 6) is 1.01. The highest BCUT2D eigenvalue weighted by Gasteiger charge is 2.23. The zero-order chi connectivity index (χ0) is 11.4. The van der Waals surface area contributed by atoms with Crippen LogP contribution in [0.25, 0.3) is 0 Å². The van der Waals surface area contributed by atoms with Gasteiger partial charge in [-0.25, -0.2) is 0 Å². The molecule has 1 saturated heterocycles. The van der Waals surface area contributed by atoms with Gasteiger partial charge >= 0.3 is 0 Å². The lowest BCUT2D eigenvalue weighted by Gasteiger charge is -2.33. The van der Waals surface area contributed by atoms with Crippen LogP contribution >= 0.6 is 11.6 Å². The van der Waals surface area contributed by atoms with E-state index in [0.717, 1.165) is 44.8 Å². The van der Waals surface area contributed by atoms with Crippen molar-refractivity contribution in [2.24, 2.45) is 0 Å². The van der Waals surface area contributed by atoms with Gasteiger partial charge in [0.2, 0.25) is 0 Å². The maximum absolute atomic E-state index is 5.85. The topological polar surface area (TPSA) is 28.4 Å². The van der Waals surface area contributed by atoms with Gasteiger partial charge in [0.15, 0.2) is 5.22 Å². The molecular weight excluding hydrogens is 224 g/mol. The maximum atomic E-state index is 5.85. The van der Waals surface area contributed by atoms with E-state index in [-0.39, 0.29) is 0 Å². The minimum absolute atomic E-state index is 0.389. The Morgan fingerprint density at radius 1 is 1.44 bits per heavy atom. The molecule has 3 nitrogen and oxygen atoms in total. The lowest BCUT2D eigenvalue weighted by molar-refractivity contribution is 0.146. The van der Waals surface area contributed by atoms with E-state index >= 15 is 0 Å². The molecule has 90 valence electrons. The number of hydrogen-bond donors (Lipinski definition) is 1. The highest BCUT2D eigenvalue weighted by atomic mass is 35.5. The second-order valence-electron chi connectivity index (χ2n) is 4.23. The van der Waals surface area contributed by atoms with Crippen molar-refractivity contribution >= 4 is 11.6 Å². The van der Waals surface area contributed by atoms with Crippen molar-refractivity contribution < 1.29 is 4.42 Å². The molecule has 0 aliphatic carbocycles. The molecule has 0 amide bonds. The van der Waals surface area contributed by atoms with Crippen LogP contribution in [-0.4, -0.2) is 31.1 Å². The Bertz CT molecular complexity index is 321. The zero-order valence-electron chi connectivity index (χ0n) is 9.71. The van der Waals surface area contributed by atoms with Crippen LogP contribution in [-0.2, 0) is 0 Å². The first kappa shape index (κ1) is 12.0. The van der Waals surface area contributed by atoms with Crippen molar-refractivity contribution in [3.63, 3.8) is 0 Å². The highest BCUT2D eigenvalue weighted by molar-refractivity contribution is 6.28. The standard InChI is InChI=1S/C12H19ClN2O/c1-2-3-10(11-4-5-12(13)16-11)15-8-6-14-7-9-15/h4-5,10,14H,2-3,6-9H2,1H3/t10-/m0/s1. The molecule has 1 aromatic heterocycles. The molecule has 1 aromatic rings. The van der Waals surface area contributed by atoms with Gasteiger partial charge in [-0.05, 0) is 30.2 Å². The summed E-state index contributed by atoms with van der Waals surface area (Å²) in [5, 5.41) is 3.86. The molecule has 2 heterocycles. The van der Waals surface area contributed by atoms with Crippen LogP contribution in [0, 0.1) is 0 Å². The van der Waals surface area contributed by atoms with E-state index in [1.54, 1.807) is 0 Å². The molecule has 0 spiro atoms. The smallest absolute Gasteiger partial charge is 0.193 e. The Morgan fingerprint density at radius 3 is 2.75 bits per heavy atom. The molecule has 0 bridgehead atoms. The Hall–Kier alpha value is -0.510. The number of halogens is 1. The lowest BCUT2D eigenvalue weighted by Crippen LogP contribution is -2.45. The van der Waals surface area contributed by atoms with Gasteiger partial charge in [-0.15, -0.1) is 0 Å². The van der Waals surface area contributed by atoms with Gasteiger partial charge in [0.1, 0.15) is 5.76 Å². The van der Waals surface area contributed by atoms with E-state index in [4.69, 9.17) is 16.0 Å². The fraction of sp³-hybridized carbons (Fsp3) is 0.667. The van der Waals surface area contributed by atoms with Crippen molar-refractivity contribution in [3.8, 4) is 0 Å². The van der Waals surface area contributed by atoms with Crippen LogP contribution in [0.3, 0.4) is 0 Å². The van der Waals surface area contributed by atoms with Crippen LogP contribution in [0.1, 0.15) is 31.6 Å². The Balaban J connectivity index is 2.09. The fourth-order valence-corrected chi connectivity index (χ4v) is 2.43. The third-order valence-electron chi connectivity index (χ3n) is 3.08. The largest absolute Gasteiger partial charge is 0.448 e. The summed E-state index contributed by atoms with van der Waals surface area (Å²) in [6.45, 7) is 6.51. The second kappa shape index (κ2) is 5.71. The third-order valence-corrected chi connectivity index (χ3v) is 3.28. The third kappa shape index (κ3) is 2.78. The van der Waals surface area contributed by atoms with Gasteiger partial charge in [-0.1, -0.05) is 13.3 Å². The zero-order valence-corrected chi connectivity index (χ0v) is 10.5. The van der Waals surface area contributed by atoms with E-state index < -0.39 is 0 Å². The first-order valence-electron chi connectivity index (χ1n) is 6.01. The molecule has 1 fully saturated rings. The predicted octanol–water partition coefficient (Wildman–Crippen LogP) is 2.68. The van der Waals surface area contributed by atoms with Gasteiger partial charge in [0.25, 0.3) is 0 Å². The molecule has 1 N–H and O–H groups in total. The van der Waals surface area contributed by atoms with Gasteiger partial charge in [0, 0.05) is 26.2 Å². The van der Waals surface area contributed by atoms with E-state index in [0.29, 0.717) is 11.3 Å². The van der Waals surface area contributed by atoms with Crippen molar-refractivity contribution in [2.75, 3.05) is 26.2 Å². The second-order valence-corrected chi connectivity index (χ2v) is 4.60. The molecule has 1 aliphatic rings. The van der Waals surface area contributed by atoms with Crippen molar-refractivity contribution in [1.82, 2.24) is 10.2 Å². The molecule has 0 aromatic carbocycles. The molecule has 0 unspecified atom stereocenters. The van der Waals surface area contributed by atoms with E-state index in [1.165, 1.54) is 0 Å². The van der Waals surface area contributed by atoms with Crippen LogP contribution in [0.5, 0.6) is 0 Å². The summed E-state index contributed by atoms with van der Waals surface area (Å²) in [7, 11) is 0. The summed E-state index contributed by atoms with van der Waals surface area (Å²) in [5.41, 5.74) is 0. The Morgan fingerprint density at radius 2 is 2.19 bits per heavy atom. The number of piperazine rings is 1. The summed E-state index contributed by atoms with van der Waals surface area (Å²) in [6.07, 6.45) is 2.29. The number of hydrogen-bond acceptors (Lipinski definition) is 3. The molecule has 4 heteroatoms. The Labute approximate surface area is 102 Å². The molecule has 16 heavy (non-hydrogen) atoms. The highest BCUT2D eigenvalue weighted by Crippen LogP contribution is 2.28. The summed E-state index contributed by atoms with van der Waals surface area (Å²) < 4.78 is 5.55. The number of furan rings is 1. The predicted molar refractivity (Wildman–Crippen MR) is 65.8 cm³/mol. The normalized spacial score (nSPS) is 19.9. The minimum Gasteiger partial charge on any atom is -0.448 e. The first-order valence-corrected chi connectivity index (χ1v) is 6.39. The van der Waals surface area contributed by atoms with Crippen molar-refractivity contribution in [1.29, 1.82) is 0 Å². The van der Waals surface area contributed by atoms with E-state index in [1.807, 2.05) is 12.1 Å². The lowest BCUT2D eigenvalue weighted by atomic mass is 10.1. The fourth-order valence-electron chi connectivity index (χ4n) is 2.28. The molecule has 2 rings (SSSR count). The van der Waals surface area contributed by atoms with Crippen LogP contribution in [0.15, 0.2) is 16.5 Å². The average molecular weight is 243 g/mol. The molecule has 1 atom stereocenters. The van der Waals surface area contributed by atoms with Crippen LogP contribution in [0.4, 0.5) is 0 Å².